The molecule has 0 heterocycles. The average Bonchev–Trinajstić information content (AvgIpc) is 2.09. The maximum atomic E-state index is 9.59. The summed E-state index contributed by atoms with van der Waals surface area (Å²) in [7, 11) is 0. The van der Waals surface area contributed by atoms with Crippen LogP contribution in [0.2, 0.25) is 5.02 Å². The summed E-state index contributed by atoms with van der Waals surface area (Å²) >= 11 is 6.03. The maximum absolute atomic E-state index is 9.59. The van der Waals surface area contributed by atoms with E-state index >= 15 is 0 Å². The Morgan fingerprint density at radius 1 is 1.50 bits per heavy atom. The zero-order chi connectivity index (χ0) is 10.7. The monoisotopic (exact) mass is 213 g/mol. The third kappa shape index (κ3) is 2.98. The first kappa shape index (κ1) is 11.5. The quantitative estimate of drug-likeness (QED) is 0.806. The van der Waals surface area contributed by atoms with Crippen LogP contribution in [0.4, 0.5) is 0 Å². The molecule has 0 saturated heterocycles. The molecule has 2 nitrogen and oxygen atoms in total. The third-order valence-electron chi connectivity index (χ3n) is 2.24. The zero-order valence-corrected chi connectivity index (χ0v) is 9.25. The minimum Gasteiger partial charge on any atom is -0.391 e. The predicted octanol–water partition coefficient (Wildman–Crippen LogP) is 1.90. The first-order chi connectivity index (χ1) is 6.50. The number of aliphatic hydroxyl groups excluding tert-OH is 1. The summed E-state index contributed by atoms with van der Waals surface area (Å²) in [6.45, 7) is 3.77. The van der Waals surface area contributed by atoms with Gasteiger partial charge in [-0.05, 0) is 31.0 Å². The van der Waals surface area contributed by atoms with Gasteiger partial charge >= 0.3 is 0 Å². The van der Waals surface area contributed by atoms with E-state index in [1.807, 2.05) is 25.1 Å². The van der Waals surface area contributed by atoms with Gasteiger partial charge in [0.15, 0.2) is 0 Å². The predicted molar refractivity (Wildman–Crippen MR) is 59.5 cm³/mol. The van der Waals surface area contributed by atoms with Gasteiger partial charge in [-0.3, -0.25) is 0 Å². The highest BCUT2D eigenvalue weighted by Crippen LogP contribution is 2.19. The first-order valence-corrected chi connectivity index (χ1v) is 5.07. The lowest BCUT2D eigenvalue weighted by molar-refractivity contribution is 0.151. The molecule has 0 fully saturated rings. The Balaban J connectivity index is 2.77. The fraction of sp³-hybridized carbons (Fsp3) is 0.455. The number of hydrogen-bond acceptors (Lipinski definition) is 2. The van der Waals surface area contributed by atoms with E-state index in [2.05, 4.69) is 0 Å². The van der Waals surface area contributed by atoms with Crippen LogP contribution in [0.5, 0.6) is 0 Å². The molecule has 1 aromatic rings. The van der Waals surface area contributed by atoms with Crippen LogP contribution >= 0.6 is 11.6 Å². The van der Waals surface area contributed by atoms with Crippen molar-refractivity contribution in [1.82, 2.24) is 0 Å². The second-order valence-corrected chi connectivity index (χ2v) is 4.13. The molecule has 0 aromatic heterocycles. The first-order valence-electron chi connectivity index (χ1n) is 4.69. The van der Waals surface area contributed by atoms with Crippen molar-refractivity contribution in [1.29, 1.82) is 0 Å². The Kier molecular flexibility index (Phi) is 3.93. The molecule has 0 aliphatic carbocycles. The van der Waals surface area contributed by atoms with Gasteiger partial charge < -0.3 is 10.8 Å². The summed E-state index contributed by atoms with van der Waals surface area (Å²) in [5, 5.41) is 10.3. The lowest BCUT2D eigenvalue weighted by atomic mass is 10.0. The highest BCUT2D eigenvalue weighted by Gasteiger charge is 2.12. The highest BCUT2D eigenvalue weighted by molar-refractivity contribution is 6.31. The van der Waals surface area contributed by atoms with Gasteiger partial charge in [0.2, 0.25) is 0 Å². The van der Waals surface area contributed by atoms with Crippen LogP contribution in [-0.4, -0.2) is 17.3 Å². The molecule has 2 atom stereocenters. The van der Waals surface area contributed by atoms with Gasteiger partial charge in [-0.25, -0.2) is 0 Å². The van der Waals surface area contributed by atoms with Gasteiger partial charge in [0.25, 0.3) is 0 Å². The average molecular weight is 214 g/mol. The Morgan fingerprint density at radius 2 is 2.14 bits per heavy atom. The van der Waals surface area contributed by atoms with E-state index in [0.717, 1.165) is 11.1 Å². The van der Waals surface area contributed by atoms with Crippen LogP contribution in [0, 0.1) is 6.92 Å². The van der Waals surface area contributed by atoms with Crippen molar-refractivity contribution in [3.63, 3.8) is 0 Å². The molecule has 0 radical (unpaired) electrons. The molecule has 14 heavy (non-hydrogen) atoms. The van der Waals surface area contributed by atoms with Crippen molar-refractivity contribution >= 4 is 11.6 Å². The summed E-state index contributed by atoms with van der Waals surface area (Å²) in [4.78, 5) is 0. The van der Waals surface area contributed by atoms with Crippen LogP contribution in [-0.2, 0) is 6.42 Å². The molecule has 0 bridgehead atoms. The zero-order valence-electron chi connectivity index (χ0n) is 8.50. The summed E-state index contributed by atoms with van der Waals surface area (Å²) < 4.78 is 0. The third-order valence-corrected chi connectivity index (χ3v) is 2.60. The molecule has 0 aliphatic rings. The van der Waals surface area contributed by atoms with Gasteiger partial charge in [-0.1, -0.05) is 23.7 Å². The normalized spacial score (nSPS) is 15.2. The van der Waals surface area contributed by atoms with Crippen molar-refractivity contribution in [2.24, 2.45) is 5.73 Å². The van der Waals surface area contributed by atoms with Crippen molar-refractivity contribution in [3.8, 4) is 0 Å². The highest BCUT2D eigenvalue weighted by atomic mass is 35.5. The Hall–Kier alpha value is -0.570. The van der Waals surface area contributed by atoms with E-state index in [9.17, 15) is 5.11 Å². The van der Waals surface area contributed by atoms with Crippen LogP contribution in [0.1, 0.15) is 18.1 Å². The molecule has 2 unspecified atom stereocenters. The lowest BCUT2D eigenvalue weighted by Gasteiger charge is -2.15. The number of hydrogen-bond donors (Lipinski definition) is 2. The minimum atomic E-state index is -0.532. The number of benzene rings is 1. The largest absolute Gasteiger partial charge is 0.391 e. The van der Waals surface area contributed by atoms with E-state index < -0.39 is 6.10 Å². The summed E-state index contributed by atoms with van der Waals surface area (Å²) in [5.41, 5.74) is 7.64. The molecular weight excluding hydrogens is 198 g/mol. The Morgan fingerprint density at radius 3 is 2.64 bits per heavy atom. The van der Waals surface area contributed by atoms with E-state index in [1.165, 1.54) is 0 Å². The summed E-state index contributed by atoms with van der Waals surface area (Å²) in [6.07, 6.45) is -0.0215. The van der Waals surface area contributed by atoms with Crippen LogP contribution < -0.4 is 5.73 Å². The second-order valence-electron chi connectivity index (χ2n) is 3.73. The fourth-order valence-electron chi connectivity index (χ4n) is 1.23. The minimum absolute atomic E-state index is 0.229. The summed E-state index contributed by atoms with van der Waals surface area (Å²) in [6, 6.07) is 5.58. The molecule has 3 heteroatoms. The van der Waals surface area contributed by atoms with E-state index in [-0.39, 0.29) is 6.04 Å². The topological polar surface area (TPSA) is 46.2 Å². The molecule has 78 valence electrons. The molecule has 0 aliphatic heterocycles. The van der Waals surface area contributed by atoms with Crippen molar-refractivity contribution in [3.05, 3.63) is 34.3 Å². The number of nitrogens with two attached hydrogens (primary N) is 1. The van der Waals surface area contributed by atoms with E-state index in [0.29, 0.717) is 11.4 Å². The summed E-state index contributed by atoms with van der Waals surface area (Å²) in [5.74, 6) is 0. The maximum Gasteiger partial charge on any atom is 0.0729 e. The van der Waals surface area contributed by atoms with Gasteiger partial charge in [0.1, 0.15) is 0 Å². The number of halogens is 1. The number of aryl methyl sites for hydroxylation is 1. The fourth-order valence-corrected chi connectivity index (χ4v) is 1.54. The standard InChI is InChI=1S/C11H16ClNO/c1-7-3-4-9(10(12)5-7)6-11(14)8(2)13/h3-5,8,11,14H,6,13H2,1-2H3. The SMILES string of the molecule is Cc1ccc(CC(O)C(C)N)c(Cl)c1. The van der Waals surface area contributed by atoms with Crippen molar-refractivity contribution < 1.29 is 5.11 Å². The van der Waals surface area contributed by atoms with Crippen molar-refractivity contribution in [2.75, 3.05) is 0 Å². The van der Waals surface area contributed by atoms with Gasteiger partial charge in [0, 0.05) is 17.5 Å². The number of rotatable bonds is 3. The van der Waals surface area contributed by atoms with Crippen LogP contribution in [0.15, 0.2) is 18.2 Å². The van der Waals surface area contributed by atoms with Crippen molar-refractivity contribution in [2.45, 2.75) is 32.4 Å². The number of aliphatic hydroxyl groups is 1. The molecule has 1 rings (SSSR count). The van der Waals surface area contributed by atoms with Gasteiger partial charge in [-0.15, -0.1) is 0 Å². The van der Waals surface area contributed by atoms with E-state index in [4.69, 9.17) is 17.3 Å². The second kappa shape index (κ2) is 4.78. The van der Waals surface area contributed by atoms with Crippen LogP contribution in [0.25, 0.3) is 0 Å². The van der Waals surface area contributed by atoms with E-state index in [1.54, 1.807) is 6.92 Å². The lowest BCUT2D eigenvalue weighted by Crippen LogP contribution is -2.33. The van der Waals surface area contributed by atoms with Gasteiger partial charge in [0.05, 0.1) is 6.10 Å². The Bertz CT molecular complexity index is 312. The molecule has 3 N–H and O–H groups in total. The molecule has 0 spiro atoms. The van der Waals surface area contributed by atoms with Crippen LogP contribution in [0.3, 0.4) is 0 Å². The molecule has 0 amide bonds. The van der Waals surface area contributed by atoms with Gasteiger partial charge in [-0.2, -0.15) is 0 Å². The molecular formula is C11H16ClNO. The Labute approximate surface area is 89.7 Å². The molecule has 0 saturated carbocycles. The smallest absolute Gasteiger partial charge is 0.0729 e. The molecule has 1 aromatic carbocycles.